The van der Waals surface area contributed by atoms with Gasteiger partial charge in [0.05, 0.1) is 7.11 Å². The van der Waals surface area contributed by atoms with Gasteiger partial charge in [-0.25, -0.2) is 0 Å². The molecule has 0 atom stereocenters. The summed E-state index contributed by atoms with van der Waals surface area (Å²) in [4.78, 5) is 12.3. The lowest BCUT2D eigenvalue weighted by molar-refractivity contribution is -0.112. The molecule has 0 unspecified atom stereocenters. The van der Waals surface area contributed by atoms with E-state index in [1.165, 1.54) is 49.6 Å². The van der Waals surface area contributed by atoms with E-state index in [1.54, 1.807) is 36.4 Å². The Morgan fingerprint density at radius 1 is 0.969 bits per heavy atom. The maximum absolute atomic E-state index is 12.4. The first-order valence-corrected chi connectivity index (χ1v) is 11.4. The molecule has 1 amide bonds. The van der Waals surface area contributed by atoms with Crippen LogP contribution in [0.3, 0.4) is 0 Å². The number of anilines is 1. The molecule has 0 aliphatic carbocycles. The molecule has 0 saturated heterocycles. The Bertz CT molecular complexity index is 1280. The smallest absolute Gasteiger partial charge is 0.339 e. The third-order valence-electron chi connectivity index (χ3n) is 4.21. The molecule has 7 nitrogen and oxygen atoms in total. The number of methoxy groups -OCH3 is 1. The number of carbonyl (C=O) groups excluding carboxylic acids is 1. The summed E-state index contributed by atoms with van der Waals surface area (Å²) in [6.45, 7) is 0. The quantitative estimate of drug-likeness (QED) is 0.277. The SMILES string of the molecule is COc1ccc(S(=O)(=O)Oc2ccc(C=C(C#N)C(=O)Nc3ccc(Br)cc3)cc2)cc1. The lowest BCUT2D eigenvalue weighted by Crippen LogP contribution is -2.13. The van der Waals surface area contributed by atoms with E-state index >= 15 is 0 Å². The van der Waals surface area contributed by atoms with Gasteiger partial charge in [-0.3, -0.25) is 4.79 Å². The van der Waals surface area contributed by atoms with Crippen LogP contribution in [0.25, 0.3) is 6.08 Å². The molecule has 0 aromatic heterocycles. The van der Waals surface area contributed by atoms with Crippen LogP contribution in [0.4, 0.5) is 5.69 Å². The molecule has 0 radical (unpaired) electrons. The highest BCUT2D eigenvalue weighted by Crippen LogP contribution is 2.22. The monoisotopic (exact) mass is 512 g/mol. The van der Waals surface area contributed by atoms with Crippen molar-refractivity contribution in [1.29, 1.82) is 5.26 Å². The third-order valence-corrected chi connectivity index (χ3v) is 6.00. The second-order valence-corrected chi connectivity index (χ2v) is 8.87. The first-order valence-electron chi connectivity index (χ1n) is 9.18. The number of hydrogen-bond donors (Lipinski definition) is 1. The molecule has 0 saturated carbocycles. The number of hydrogen-bond acceptors (Lipinski definition) is 6. The fourth-order valence-corrected chi connectivity index (χ4v) is 3.78. The lowest BCUT2D eigenvalue weighted by Gasteiger charge is -2.08. The van der Waals surface area contributed by atoms with Gasteiger partial charge in [0.2, 0.25) is 0 Å². The van der Waals surface area contributed by atoms with Crippen LogP contribution in [0.1, 0.15) is 5.56 Å². The molecule has 0 spiro atoms. The van der Waals surface area contributed by atoms with Crippen LogP contribution in [0.5, 0.6) is 11.5 Å². The number of nitrogens with one attached hydrogen (secondary N) is 1. The minimum Gasteiger partial charge on any atom is -0.497 e. The Morgan fingerprint density at radius 3 is 2.12 bits per heavy atom. The Hall–Kier alpha value is -3.61. The Morgan fingerprint density at radius 2 is 1.56 bits per heavy atom. The summed E-state index contributed by atoms with van der Waals surface area (Å²) in [5.41, 5.74) is 0.973. The molecule has 162 valence electrons. The molecule has 1 N–H and O–H groups in total. The summed E-state index contributed by atoms with van der Waals surface area (Å²) >= 11 is 3.31. The van der Waals surface area contributed by atoms with Gasteiger partial charge in [-0.1, -0.05) is 28.1 Å². The van der Waals surface area contributed by atoms with Crippen molar-refractivity contribution >= 4 is 43.7 Å². The molecule has 0 aliphatic rings. The largest absolute Gasteiger partial charge is 0.497 e. The minimum absolute atomic E-state index is 0.0151. The molecule has 0 bridgehead atoms. The van der Waals surface area contributed by atoms with Crippen molar-refractivity contribution in [3.63, 3.8) is 0 Å². The van der Waals surface area contributed by atoms with Crippen LogP contribution in [0, 0.1) is 11.3 Å². The molecule has 32 heavy (non-hydrogen) atoms. The van der Waals surface area contributed by atoms with E-state index in [2.05, 4.69) is 21.2 Å². The van der Waals surface area contributed by atoms with Crippen molar-refractivity contribution in [1.82, 2.24) is 0 Å². The standard InChI is InChI=1S/C23H17BrN2O5S/c1-30-20-10-12-22(13-11-20)32(28,29)31-21-8-2-16(3-9-21)14-17(15-25)23(27)26-19-6-4-18(24)5-7-19/h2-14H,1H3,(H,26,27). The van der Waals surface area contributed by atoms with Crippen LogP contribution in [-0.4, -0.2) is 21.4 Å². The number of halogens is 1. The Labute approximate surface area is 194 Å². The third kappa shape index (κ3) is 5.97. The summed E-state index contributed by atoms with van der Waals surface area (Å²) in [6, 6.07) is 20.6. The van der Waals surface area contributed by atoms with Crippen LogP contribution in [0.15, 0.2) is 87.7 Å². The van der Waals surface area contributed by atoms with Gasteiger partial charge in [-0.15, -0.1) is 0 Å². The van der Waals surface area contributed by atoms with Crippen LogP contribution in [-0.2, 0) is 14.9 Å². The molecule has 3 aromatic carbocycles. The minimum atomic E-state index is -4.02. The molecule has 3 rings (SSSR count). The van der Waals surface area contributed by atoms with Gasteiger partial charge >= 0.3 is 10.1 Å². The number of rotatable bonds is 7. The van der Waals surface area contributed by atoms with E-state index in [-0.39, 0.29) is 16.2 Å². The van der Waals surface area contributed by atoms with Gasteiger partial charge in [0.25, 0.3) is 5.91 Å². The van der Waals surface area contributed by atoms with E-state index in [9.17, 15) is 18.5 Å². The number of carbonyl (C=O) groups is 1. The summed E-state index contributed by atoms with van der Waals surface area (Å²) in [7, 11) is -2.54. The number of benzene rings is 3. The second kappa shape index (κ2) is 10.1. The van der Waals surface area contributed by atoms with Crippen molar-refractivity contribution in [2.24, 2.45) is 0 Å². The van der Waals surface area contributed by atoms with Gasteiger partial charge in [0.1, 0.15) is 28.0 Å². The van der Waals surface area contributed by atoms with Crippen molar-refractivity contribution in [2.75, 3.05) is 12.4 Å². The molecule has 0 aliphatic heterocycles. The van der Waals surface area contributed by atoms with E-state index in [4.69, 9.17) is 8.92 Å². The van der Waals surface area contributed by atoms with Gasteiger partial charge in [-0.2, -0.15) is 13.7 Å². The average Bonchev–Trinajstić information content (AvgIpc) is 2.79. The number of nitrogens with zero attached hydrogens (tertiary/aromatic N) is 1. The lowest BCUT2D eigenvalue weighted by atomic mass is 10.1. The van der Waals surface area contributed by atoms with Crippen LogP contribution in [0.2, 0.25) is 0 Å². The zero-order chi connectivity index (χ0) is 23.1. The Kier molecular flexibility index (Phi) is 7.30. The predicted molar refractivity (Wildman–Crippen MR) is 124 cm³/mol. The van der Waals surface area contributed by atoms with Crippen molar-refractivity contribution in [2.45, 2.75) is 4.90 Å². The molecular weight excluding hydrogens is 496 g/mol. The summed E-state index contributed by atoms with van der Waals surface area (Å²) in [6.07, 6.45) is 1.40. The molecule has 9 heteroatoms. The number of nitriles is 1. The first-order chi connectivity index (χ1) is 15.3. The highest BCUT2D eigenvalue weighted by molar-refractivity contribution is 9.10. The van der Waals surface area contributed by atoms with E-state index in [0.29, 0.717) is 17.0 Å². The zero-order valence-electron chi connectivity index (χ0n) is 16.8. The highest BCUT2D eigenvalue weighted by atomic mass is 79.9. The fourth-order valence-electron chi connectivity index (χ4n) is 2.58. The zero-order valence-corrected chi connectivity index (χ0v) is 19.2. The Balaban J connectivity index is 1.71. The first kappa shape index (κ1) is 23.1. The summed E-state index contributed by atoms with van der Waals surface area (Å²) < 4.78 is 35.9. The predicted octanol–water partition coefficient (Wildman–Crippen LogP) is 4.77. The normalized spacial score (nSPS) is 11.3. The second-order valence-electron chi connectivity index (χ2n) is 6.41. The summed E-state index contributed by atoms with van der Waals surface area (Å²) in [5.74, 6) is 0.0607. The highest BCUT2D eigenvalue weighted by Gasteiger charge is 2.17. The van der Waals surface area contributed by atoms with Gasteiger partial charge in [-0.05, 0) is 72.3 Å². The summed E-state index contributed by atoms with van der Waals surface area (Å²) in [5, 5.41) is 12.0. The number of amides is 1. The molecular formula is C23H17BrN2O5S. The van der Waals surface area contributed by atoms with E-state index in [1.807, 2.05) is 6.07 Å². The molecule has 3 aromatic rings. The maximum atomic E-state index is 12.4. The van der Waals surface area contributed by atoms with Gasteiger partial charge in [0, 0.05) is 10.2 Å². The van der Waals surface area contributed by atoms with Crippen molar-refractivity contribution in [3.8, 4) is 17.6 Å². The average molecular weight is 513 g/mol. The number of ether oxygens (including phenoxy) is 1. The van der Waals surface area contributed by atoms with E-state index in [0.717, 1.165) is 4.47 Å². The van der Waals surface area contributed by atoms with Crippen LogP contribution >= 0.6 is 15.9 Å². The fraction of sp³-hybridized carbons (Fsp3) is 0.0435. The molecule has 0 fully saturated rings. The van der Waals surface area contributed by atoms with Gasteiger partial charge in [0.15, 0.2) is 0 Å². The van der Waals surface area contributed by atoms with Gasteiger partial charge < -0.3 is 14.2 Å². The van der Waals surface area contributed by atoms with Crippen LogP contribution < -0.4 is 14.2 Å². The molecule has 0 heterocycles. The van der Waals surface area contributed by atoms with E-state index < -0.39 is 16.0 Å². The van der Waals surface area contributed by atoms with Crippen molar-refractivity contribution < 1.29 is 22.1 Å². The van der Waals surface area contributed by atoms with Crippen molar-refractivity contribution in [3.05, 3.63) is 88.4 Å². The topological polar surface area (TPSA) is 105 Å². The maximum Gasteiger partial charge on any atom is 0.339 e.